The van der Waals surface area contributed by atoms with Gasteiger partial charge in [0.1, 0.15) is 0 Å². The van der Waals surface area contributed by atoms with E-state index in [-0.39, 0.29) is 6.61 Å². The predicted octanol–water partition coefficient (Wildman–Crippen LogP) is 1.76. The zero-order valence-electron chi connectivity index (χ0n) is 6.40. The third-order valence-electron chi connectivity index (χ3n) is 1.20. The highest BCUT2D eigenvalue weighted by atomic mass is 79.9. The molecule has 0 aliphatic carbocycles. The summed E-state index contributed by atoms with van der Waals surface area (Å²) in [5.74, 6) is 0. The van der Waals surface area contributed by atoms with Gasteiger partial charge in [0.25, 0.3) is 0 Å². The highest BCUT2D eigenvalue weighted by molar-refractivity contribution is 9.10. The van der Waals surface area contributed by atoms with E-state index in [4.69, 9.17) is 5.11 Å². The molecule has 0 bridgehead atoms. The Morgan fingerprint density at radius 3 is 2.27 bits per heavy atom. The van der Waals surface area contributed by atoms with Crippen LogP contribution in [0.25, 0.3) is 0 Å². The zero-order valence-corrected chi connectivity index (χ0v) is 7.99. The van der Waals surface area contributed by atoms with Gasteiger partial charge in [-0.1, -0.05) is 0 Å². The molecular formula is C6H11BrF2O2. The molecular weight excluding hydrogens is 222 g/mol. The molecule has 5 heteroatoms. The van der Waals surface area contributed by atoms with Crippen LogP contribution in [0.5, 0.6) is 0 Å². The third-order valence-corrected chi connectivity index (χ3v) is 2.05. The van der Waals surface area contributed by atoms with Crippen LogP contribution in [0.2, 0.25) is 0 Å². The van der Waals surface area contributed by atoms with Crippen LogP contribution < -0.4 is 0 Å². The molecule has 1 unspecified atom stereocenters. The lowest BCUT2D eigenvalue weighted by Gasteiger charge is -2.27. The van der Waals surface area contributed by atoms with Crippen molar-refractivity contribution < 1.29 is 18.6 Å². The van der Waals surface area contributed by atoms with Gasteiger partial charge >= 0.3 is 4.83 Å². The first kappa shape index (κ1) is 11.3. The molecule has 0 fully saturated rings. The fraction of sp³-hybridized carbons (Fsp3) is 1.00. The van der Waals surface area contributed by atoms with Crippen LogP contribution in [0.4, 0.5) is 8.78 Å². The fourth-order valence-corrected chi connectivity index (χ4v) is 0.497. The zero-order chi connectivity index (χ0) is 9.12. The second-order valence-corrected chi connectivity index (χ2v) is 3.40. The normalized spacial score (nSPS) is 18.0. The van der Waals surface area contributed by atoms with Crippen molar-refractivity contribution in [3.05, 3.63) is 0 Å². The predicted molar refractivity (Wildman–Crippen MR) is 41.0 cm³/mol. The maximum absolute atomic E-state index is 12.4. The quantitative estimate of drug-likeness (QED) is 0.749. The number of alkyl halides is 3. The van der Waals surface area contributed by atoms with E-state index in [1.807, 2.05) is 0 Å². The SMILES string of the molecule is CCOCC(C)(O)C(F)(F)Br. The van der Waals surface area contributed by atoms with E-state index in [2.05, 4.69) is 20.7 Å². The lowest BCUT2D eigenvalue weighted by Crippen LogP contribution is -2.45. The van der Waals surface area contributed by atoms with Crippen molar-refractivity contribution in [2.75, 3.05) is 13.2 Å². The van der Waals surface area contributed by atoms with Crippen LogP contribution in [0.3, 0.4) is 0 Å². The van der Waals surface area contributed by atoms with Gasteiger partial charge in [0, 0.05) is 6.61 Å². The molecule has 11 heavy (non-hydrogen) atoms. The first-order valence-electron chi connectivity index (χ1n) is 3.18. The molecule has 0 aromatic heterocycles. The van der Waals surface area contributed by atoms with Crippen LogP contribution in [-0.2, 0) is 4.74 Å². The minimum absolute atomic E-state index is 0.305. The first-order valence-corrected chi connectivity index (χ1v) is 3.97. The van der Waals surface area contributed by atoms with Gasteiger partial charge in [-0.25, -0.2) is 0 Å². The summed E-state index contributed by atoms with van der Waals surface area (Å²) in [6.07, 6.45) is 0. The molecule has 0 aromatic rings. The molecule has 0 aliphatic rings. The summed E-state index contributed by atoms with van der Waals surface area (Å²) in [5.41, 5.74) is -2.15. The first-order chi connectivity index (χ1) is 4.81. The van der Waals surface area contributed by atoms with Crippen molar-refractivity contribution in [1.29, 1.82) is 0 Å². The summed E-state index contributed by atoms with van der Waals surface area (Å²) in [6, 6.07) is 0. The van der Waals surface area contributed by atoms with E-state index in [0.717, 1.165) is 6.92 Å². The fourth-order valence-electron chi connectivity index (χ4n) is 0.383. The van der Waals surface area contributed by atoms with Gasteiger partial charge in [-0.3, -0.25) is 0 Å². The molecule has 0 aromatic carbocycles. The van der Waals surface area contributed by atoms with Gasteiger partial charge in [0.15, 0.2) is 5.60 Å². The maximum Gasteiger partial charge on any atom is 0.331 e. The Bertz CT molecular complexity index is 122. The molecule has 2 nitrogen and oxygen atoms in total. The molecule has 0 aliphatic heterocycles. The van der Waals surface area contributed by atoms with Gasteiger partial charge in [-0.2, -0.15) is 8.78 Å². The third kappa shape index (κ3) is 3.44. The van der Waals surface area contributed by atoms with Gasteiger partial charge in [-0.15, -0.1) is 0 Å². The summed E-state index contributed by atoms with van der Waals surface area (Å²) < 4.78 is 29.5. The molecule has 0 saturated heterocycles. The van der Waals surface area contributed by atoms with E-state index >= 15 is 0 Å². The smallest absolute Gasteiger partial charge is 0.331 e. The Morgan fingerprint density at radius 1 is 1.55 bits per heavy atom. The summed E-state index contributed by atoms with van der Waals surface area (Å²) in [6.45, 7) is 2.60. The molecule has 1 atom stereocenters. The Hall–Kier alpha value is 0.260. The Balaban J connectivity index is 4.00. The second-order valence-electron chi connectivity index (χ2n) is 2.41. The topological polar surface area (TPSA) is 29.5 Å². The number of halogens is 3. The van der Waals surface area contributed by atoms with Crippen LogP contribution in [0.15, 0.2) is 0 Å². The molecule has 0 saturated carbocycles. The molecule has 0 radical (unpaired) electrons. The monoisotopic (exact) mass is 232 g/mol. The van der Waals surface area contributed by atoms with Gasteiger partial charge in [0.05, 0.1) is 6.61 Å². The standard InChI is InChI=1S/C6H11BrF2O2/c1-3-11-4-5(2,10)6(7,8)9/h10H,3-4H2,1-2H3. The van der Waals surface area contributed by atoms with Crippen LogP contribution in [-0.4, -0.2) is 28.8 Å². The van der Waals surface area contributed by atoms with E-state index in [0.29, 0.717) is 6.61 Å². The van der Waals surface area contributed by atoms with Crippen molar-refractivity contribution in [3.63, 3.8) is 0 Å². The number of hydrogen-bond donors (Lipinski definition) is 1. The molecule has 68 valence electrons. The number of rotatable bonds is 4. The van der Waals surface area contributed by atoms with E-state index in [1.54, 1.807) is 6.92 Å². The Morgan fingerprint density at radius 2 is 2.00 bits per heavy atom. The molecule has 0 heterocycles. The Labute approximate surface area is 72.7 Å². The maximum atomic E-state index is 12.4. The molecule has 0 rings (SSSR count). The second kappa shape index (κ2) is 3.78. The average molecular weight is 233 g/mol. The van der Waals surface area contributed by atoms with E-state index in [1.165, 1.54) is 0 Å². The lowest BCUT2D eigenvalue weighted by atomic mass is 10.1. The van der Waals surface area contributed by atoms with Crippen molar-refractivity contribution in [1.82, 2.24) is 0 Å². The van der Waals surface area contributed by atoms with Crippen molar-refractivity contribution >= 4 is 15.9 Å². The summed E-state index contributed by atoms with van der Waals surface area (Å²) in [7, 11) is 0. The molecule has 0 spiro atoms. The number of aliphatic hydroxyl groups is 1. The van der Waals surface area contributed by atoms with E-state index in [9.17, 15) is 8.78 Å². The molecule has 1 N–H and O–H groups in total. The van der Waals surface area contributed by atoms with Gasteiger partial charge in [0.2, 0.25) is 0 Å². The Kier molecular flexibility index (Phi) is 3.87. The highest BCUT2D eigenvalue weighted by Crippen LogP contribution is 2.34. The van der Waals surface area contributed by atoms with Crippen molar-refractivity contribution in [2.45, 2.75) is 24.3 Å². The highest BCUT2D eigenvalue weighted by Gasteiger charge is 2.46. The summed E-state index contributed by atoms with van der Waals surface area (Å²) >= 11 is 2.07. The average Bonchev–Trinajstić information content (AvgIpc) is 1.81. The van der Waals surface area contributed by atoms with Crippen molar-refractivity contribution in [3.8, 4) is 0 Å². The van der Waals surface area contributed by atoms with E-state index < -0.39 is 10.4 Å². The number of ether oxygens (including phenoxy) is 1. The van der Waals surface area contributed by atoms with Crippen LogP contribution in [0.1, 0.15) is 13.8 Å². The minimum Gasteiger partial charge on any atom is -0.380 e. The number of hydrogen-bond acceptors (Lipinski definition) is 2. The minimum atomic E-state index is -3.31. The molecule has 0 amide bonds. The van der Waals surface area contributed by atoms with Crippen LogP contribution >= 0.6 is 15.9 Å². The van der Waals surface area contributed by atoms with Gasteiger partial charge < -0.3 is 9.84 Å². The summed E-state index contributed by atoms with van der Waals surface area (Å²) in [4.78, 5) is -3.31. The van der Waals surface area contributed by atoms with Crippen LogP contribution in [0, 0.1) is 0 Å². The van der Waals surface area contributed by atoms with Gasteiger partial charge in [-0.05, 0) is 29.8 Å². The summed E-state index contributed by atoms with van der Waals surface area (Å²) in [5, 5.41) is 9.06. The van der Waals surface area contributed by atoms with Crippen molar-refractivity contribution in [2.24, 2.45) is 0 Å². The lowest BCUT2D eigenvalue weighted by molar-refractivity contribution is -0.139. The largest absolute Gasteiger partial charge is 0.380 e.